The molecule has 1 aliphatic heterocycles. The van der Waals surface area contributed by atoms with Gasteiger partial charge in [0.25, 0.3) is 0 Å². The Bertz CT molecular complexity index is 766. The van der Waals surface area contributed by atoms with Crippen LogP contribution in [0.3, 0.4) is 0 Å². The minimum atomic E-state index is -0.323. The van der Waals surface area contributed by atoms with Crippen molar-refractivity contribution in [1.29, 1.82) is 0 Å². The van der Waals surface area contributed by atoms with E-state index < -0.39 is 0 Å². The molecular formula is C19H27N5O. The fourth-order valence-corrected chi connectivity index (χ4v) is 3.40. The number of hydrogen-bond donors (Lipinski definition) is 0. The second-order valence-corrected chi connectivity index (χ2v) is 7.86. The molecule has 0 spiro atoms. The van der Waals surface area contributed by atoms with Gasteiger partial charge in [-0.05, 0) is 19.8 Å². The van der Waals surface area contributed by atoms with Crippen molar-refractivity contribution in [2.75, 3.05) is 13.1 Å². The summed E-state index contributed by atoms with van der Waals surface area (Å²) in [6.07, 6.45) is 7.20. The second-order valence-electron chi connectivity index (χ2n) is 7.86. The number of aromatic nitrogens is 4. The predicted octanol–water partition coefficient (Wildman–Crippen LogP) is 2.94. The lowest BCUT2D eigenvalue weighted by atomic mass is 9.88. The molecule has 0 aromatic carbocycles. The smallest absolute Gasteiger partial charge is 0.227 e. The molecule has 1 fully saturated rings. The van der Waals surface area contributed by atoms with E-state index in [-0.39, 0.29) is 11.3 Å². The molecule has 3 rings (SSSR count). The number of likely N-dealkylation sites (tertiary alicyclic amines) is 1. The summed E-state index contributed by atoms with van der Waals surface area (Å²) in [5.41, 5.74) is 2.60. The first-order chi connectivity index (χ1) is 11.8. The van der Waals surface area contributed by atoms with Gasteiger partial charge in [-0.3, -0.25) is 14.8 Å². The Morgan fingerprint density at radius 2 is 1.76 bits per heavy atom. The fraction of sp³-hybridized carbons (Fsp3) is 0.579. The molecule has 0 aliphatic carbocycles. The highest BCUT2D eigenvalue weighted by atomic mass is 16.2. The van der Waals surface area contributed by atoms with E-state index in [1.165, 1.54) is 0 Å². The minimum Gasteiger partial charge on any atom is -0.342 e. The Kier molecular flexibility index (Phi) is 4.62. The zero-order chi connectivity index (χ0) is 18.2. The first-order valence-electron chi connectivity index (χ1n) is 8.88. The van der Waals surface area contributed by atoms with Crippen LogP contribution in [0.25, 0.3) is 11.4 Å². The average molecular weight is 341 g/mol. The highest BCUT2D eigenvalue weighted by Crippen LogP contribution is 2.33. The monoisotopic (exact) mass is 341 g/mol. The summed E-state index contributed by atoms with van der Waals surface area (Å²) in [7, 11) is 2.00. The van der Waals surface area contributed by atoms with Crippen molar-refractivity contribution in [3.05, 3.63) is 30.1 Å². The maximum Gasteiger partial charge on any atom is 0.227 e. The molecule has 1 saturated heterocycles. The topological polar surface area (TPSA) is 63.9 Å². The molecule has 6 nitrogen and oxygen atoms in total. The molecule has 2 aromatic heterocycles. The number of aryl methyl sites for hydroxylation is 1. The number of carbonyl (C=O) groups is 1. The van der Waals surface area contributed by atoms with E-state index in [1.807, 2.05) is 50.4 Å². The standard InChI is InChI=1S/C19H27N5O/c1-13-22-12-15(23(13)5)17-16(20-8-9-21-17)14-6-10-24(11-7-14)18(25)19(2,3)4/h8-9,12,14H,6-7,10-11H2,1-5H3. The van der Waals surface area contributed by atoms with Crippen LogP contribution in [0.1, 0.15) is 51.0 Å². The van der Waals surface area contributed by atoms with Gasteiger partial charge in [-0.15, -0.1) is 0 Å². The first kappa shape index (κ1) is 17.6. The Morgan fingerprint density at radius 1 is 1.12 bits per heavy atom. The van der Waals surface area contributed by atoms with Gasteiger partial charge in [0.15, 0.2) is 0 Å². The number of hydrogen-bond acceptors (Lipinski definition) is 4. The van der Waals surface area contributed by atoms with Gasteiger partial charge in [0.2, 0.25) is 5.91 Å². The molecule has 0 saturated carbocycles. The normalized spacial score (nSPS) is 16.3. The van der Waals surface area contributed by atoms with E-state index >= 15 is 0 Å². The quantitative estimate of drug-likeness (QED) is 0.842. The third-order valence-corrected chi connectivity index (χ3v) is 5.00. The van der Waals surface area contributed by atoms with Crippen LogP contribution in [0.2, 0.25) is 0 Å². The Morgan fingerprint density at radius 3 is 2.32 bits per heavy atom. The lowest BCUT2D eigenvalue weighted by Gasteiger charge is -2.35. The third kappa shape index (κ3) is 3.43. The van der Waals surface area contributed by atoms with Gasteiger partial charge in [-0.1, -0.05) is 20.8 Å². The number of imidazole rings is 1. The van der Waals surface area contributed by atoms with Crippen LogP contribution in [0.5, 0.6) is 0 Å². The van der Waals surface area contributed by atoms with Crippen molar-refractivity contribution in [2.45, 2.75) is 46.5 Å². The highest BCUT2D eigenvalue weighted by molar-refractivity contribution is 5.81. The van der Waals surface area contributed by atoms with Crippen molar-refractivity contribution in [2.24, 2.45) is 12.5 Å². The van der Waals surface area contributed by atoms with Crippen LogP contribution >= 0.6 is 0 Å². The van der Waals surface area contributed by atoms with Crippen LogP contribution in [0.4, 0.5) is 0 Å². The van der Waals surface area contributed by atoms with Crippen molar-refractivity contribution in [3.8, 4) is 11.4 Å². The van der Waals surface area contributed by atoms with Crippen LogP contribution in [-0.2, 0) is 11.8 Å². The van der Waals surface area contributed by atoms with E-state index in [4.69, 9.17) is 0 Å². The first-order valence-corrected chi connectivity index (χ1v) is 8.88. The van der Waals surface area contributed by atoms with E-state index in [1.54, 1.807) is 12.4 Å². The zero-order valence-electron chi connectivity index (χ0n) is 15.8. The highest BCUT2D eigenvalue weighted by Gasteiger charge is 2.32. The molecule has 0 unspecified atom stereocenters. The molecule has 2 aromatic rings. The van der Waals surface area contributed by atoms with Crippen molar-refractivity contribution in [3.63, 3.8) is 0 Å². The molecule has 6 heteroatoms. The van der Waals surface area contributed by atoms with Gasteiger partial charge in [0, 0.05) is 43.9 Å². The number of rotatable bonds is 2. The van der Waals surface area contributed by atoms with E-state index in [0.29, 0.717) is 5.92 Å². The summed E-state index contributed by atoms with van der Waals surface area (Å²) >= 11 is 0. The molecule has 0 bridgehead atoms. The van der Waals surface area contributed by atoms with Gasteiger partial charge in [-0.25, -0.2) is 4.98 Å². The van der Waals surface area contributed by atoms with E-state index in [2.05, 4.69) is 15.0 Å². The van der Waals surface area contributed by atoms with Crippen LogP contribution < -0.4 is 0 Å². The maximum absolute atomic E-state index is 12.5. The SMILES string of the molecule is Cc1ncc(-c2nccnc2C2CCN(C(=O)C(C)(C)C)CC2)n1C. The molecule has 1 amide bonds. The molecular weight excluding hydrogens is 314 g/mol. The van der Waals surface area contributed by atoms with Gasteiger partial charge in [0.05, 0.1) is 17.6 Å². The van der Waals surface area contributed by atoms with Crippen molar-refractivity contribution < 1.29 is 4.79 Å². The fourth-order valence-electron chi connectivity index (χ4n) is 3.40. The Balaban J connectivity index is 1.81. The number of amides is 1. The molecule has 25 heavy (non-hydrogen) atoms. The molecule has 134 valence electrons. The van der Waals surface area contributed by atoms with Gasteiger partial charge in [-0.2, -0.15) is 0 Å². The van der Waals surface area contributed by atoms with Crippen LogP contribution in [0, 0.1) is 12.3 Å². The van der Waals surface area contributed by atoms with Gasteiger partial charge >= 0.3 is 0 Å². The second kappa shape index (κ2) is 6.58. The number of carbonyl (C=O) groups excluding carboxylic acids is 1. The lowest BCUT2D eigenvalue weighted by Crippen LogP contribution is -2.43. The van der Waals surface area contributed by atoms with Crippen LogP contribution in [-0.4, -0.2) is 43.4 Å². The largest absolute Gasteiger partial charge is 0.342 e. The molecule has 1 aliphatic rings. The third-order valence-electron chi connectivity index (χ3n) is 5.00. The summed E-state index contributed by atoms with van der Waals surface area (Å²) in [6, 6.07) is 0. The zero-order valence-corrected chi connectivity index (χ0v) is 15.8. The average Bonchev–Trinajstić information content (AvgIpc) is 2.93. The van der Waals surface area contributed by atoms with Gasteiger partial charge in [0.1, 0.15) is 11.5 Å². The van der Waals surface area contributed by atoms with Crippen LogP contribution in [0.15, 0.2) is 18.6 Å². The number of nitrogens with zero attached hydrogens (tertiary/aromatic N) is 5. The lowest BCUT2D eigenvalue weighted by molar-refractivity contribution is -0.140. The molecule has 0 radical (unpaired) electrons. The summed E-state index contributed by atoms with van der Waals surface area (Å²) < 4.78 is 2.05. The minimum absolute atomic E-state index is 0.229. The number of piperidine rings is 1. The summed E-state index contributed by atoms with van der Waals surface area (Å²) in [5.74, 6) is 1.51. The summed E-state index contributed by atoms with van der Waals surface area (Å²) in [5, 5.41) is 0. The summed E-state index contributed by atoms with van der Waals surface area (Å²) in [6.45, 7) is 9.48. The van der Waals surface area contributed by atoms with E-state index in [9.17, 15) is 4.79 Å². The van der Waals surface area contributed by atoms with Gasteiger partial charge < -0.3 is 9.47 Å². The molecule has 0 atom stereocenters. The summed E-state index contributed by atoms with van der Waals surface area (Å²) in [4.78, 5) is 28.1. The molecule has 0 N–H and O–H groups in total. The molecule has 3 heterocycles. The predicted molar refractivity (Wildman–Crippen MR) is 97.0 cm³/mol. The Hall–Kier alpha value is -2.24. The Labute approximate surface area is 149 Å². The van der Waals surface area contributed by atoms with E-state index in [0.717, 1.165) is 48.8 Å². The maximum atomic E-state index is 12.5. The van der Waals surface area contributed by atoms with Crippen molar-refractivity contribution >= 4 is 5.91 Å². The van der Waals surface area contributed by atoms with Crippen molar-refractivity contribution in [1.82, 2.24) is 24.4 Å².